The highest BCUT2D eigenvalue weighted by molar-refractivity contribution is 5.78. The van der Waals surface area contributed by atoms with Crippen molar-refractivity contribution >= 4 is 5.78 Å². The average molecular weight is 194 g/mol. The highest BCUT2D eigenvalue weighted by Gasteiger charge is 2.10. The average Bonchev–Trinajstić information content (AvgIpc) is 2.11. The number of Topliss-reactive ketones (excluding diaryl/α,β-unsaturated/α-hetero) is 1. The van der Waals surface area contributed by atoms with E-state index in [1.807, 2.05) is 13.8 Å². The molecule has 76 valence electrons. The molecule has 1 aromatic carbocycles. The van der Waals surface area contributed by atoms with Gasteiger partial charge in [0.25, 0.3) is 0 Å². The molecule has 0 N–H and O–H groups in total. The molecule has 0 heterocycles. The lowest BCUT2D eigenvalue weighted by atomic mass is 9.95. The lowest BCUT2D eigenvalue weighted by Crippen LogP contribution is -2.10. The van der Waals surface area contributed by atoms with Crippen molar-refractivity contribution in [3.05, 3.63) is 35.1 Å². The van der Waals surface area contributed by atoms with Crippen LogP contribution in [0.1, 0.15) is 25.0 Å². The molecule has 0 radical (unpaired) electrons. The van der Waals surface area contributed by atoms with E-state index in [0.717, 1.165) is 11.1 Å². The first-order chi connectivity index (χ1) is 6.50. The third-order valence-electron chi connectivity index (χ3n) is 2.53. The Hall–Kier alpha value is -1.18. The van der Waals surface area contributed by atoms with Crippen LogP contribution in [0.5, 0.6) is 0 Å². The molecule has 14 heavy (non-hydrogen) atoms. The number of rotatable bonds is 3. The van der Waals surface area contributed by atoms with Crippen LogP contribution in [0.25, 0.3) is 0 Å². The number of aryl methyl sites for hydroxylation is 1. The van der Waals surface area contributed by atoms with Crippen LogP contribution in [0.3, 0.4) is 0 Å². The Morgan fingerprint density at radius 2 is 2.14 bits per heavy atom. The SMILES string of the molecule is CC(=O)C(C)Cc1cc(F)ccc1C. The molecule has 1 rings (SSSR count). The smallest absolute Gasteiger partial charge is 0.132 e. The minimum Gasteiger partial charge on any atom is -0.300 e. The summed E-state index contributed by atoms with van der Waals surface area (Å²) in [6.45, 7) is 5.37. The number of hydrogen-bond donors (Lipinski definition) is 0. The first kappa shape index (κ1) is 10.9. The van der Waals surface area contributed by atoms with Crippen LogP contribution in [0.2, 0.25) is 0 Å². The van der Waals surface area contributed by atoms with Crippen LogP contribution in [-0.2, 0) is 11.2 Å². The number of carbonyl (C=O) groups is 1. The second kappa shape index (κ2) is 4.36. The third-order valence-corrected chi connectivity index (χ3v) is 2.53. The lowest BCUT2D eigenvalue weighted by Gasteiger charge is -2.10. The zero-order valence-electron chi connectivity index (χ0n) is 8.80. The molecule has 1 aromatic rings. The quantitative estimate of drug-likeness (QED) is 0.723. The van der Waals surface area contributed by atoms with E-state index in [-0.39, 0.29) is 17.5 Å². The maximum absolute atomic E-state index is 12.9. The summed E-state index contributed by atoms with van der Waals surface area (Å²) in [5, 5.41) is 0. The van der Waals surface area contributed by atoms with Gasteiger partial charge in [0.15, 0.2) is 0 Å². The molecule has 0 saturated heterocycles. The molecule has 0 bridgehead atoms. The van der Waals surface area contributed by atoms with Crippen molar-refractivity contribution in [3.8, 4) is 0 Å². The predicted octanol–water partition coefficient (Wildman–Crippen LogP) is 2.90. The zero-order chi connectivity index (χ0) is 10.7. The number of hydrogen-bond acceptors (Lipinski definition) is 1. The van der Waals surface area contributed by atoms with Gasteiger partial charge in [-0.05, 0) is 43.5 Å². The van der Waals surface area contributed by atoms with Gasteiger partial charge in [-0.15, -0.1) is 0 Å². The van der Waals surface area contributed by atoms with Crippen molar-refractivity contribution in [3.63, 3.8) is 0 Å². The van der Waals surface area contributed by atoms with Crippen molar-refractivity contribution in [2.45, 2.75) is 27.2 Å². The van der Waals surface area contributed by atoms with Gasteiger partial charge in [0.1, 0.15) is 11.6 Å². The summed E-state index contributed by atoms with van der Waals surface area (Å²) in [6.07, 6.45) is 0.624. The van der Waals surface area contributed by atoms with Gasteiger partial charge >= 0.3 is 0 Å². The minimum absolute atomic E-state index is 0.0319. The Balaban J connectivity index is 2.85. The summed E-state index contributed by atoms with van der Waals surface area (Å²) in [7, 11) is 0. The molecule has 0 aromatic heterocycles. The zero-order valence-corrected chi connectivity index (χ0v) is 8.80. The molecular formula is C12H15FO. The summed E-state index contributed by atoms with van der Waals surface area (Å²) in [4.78, 5) is 11.1. The van der Waals surface area contributed by atoms with E-state index in [9.17, 15) is 9.18 Å². The van der Waals surface area contributed by atoms with Gasteiger partial charge in [-0.1, -0.05) is 13.0 Å². The van der Waals surface area contributed by atoms with Crippen molar-refractivity contribution in [1.82, 2.24) is 0 Å². The van der Waals surface area contributed by atoms with E-state index in [4.69, 9.17) is 0 Å². The van der Waals surface area contributed by atoms with Gasteiger partial charge in [-0.25, -0.2) is 4.39 Å². The Morgan fingerprint density at radius 1 is 1.50 bits per heavy atom. The Bertz CT molecular complexity index is 344. The molecule has 1 atom stereocenters. The Kier molecular flexibility index (Phi) is 3.39. The summed E-state index contributed by atoms with van der Waals surface area (Å²) >= 11 is 0. The highest BCUT2D eigenvalue weighted by atomic mass is 19.1. The fourth-order valence-corrected chi connectivity index (χ4v) is 1.33. The van der Waals surface area contributed by atoms with Crippen LogP contribution < -0.4 is 0 Å². The normalized spacial score (nSPS) is 12.6. The summed E-state index contributed by atoms with van der Waals surface area (Å²) in [5.74, 6) is -0.120. The van der Waals surface area contributed by atoms with Gasteiger partial charge in [0.05, 0.1) is 0 Å². The minimum atomic E-state index is -0.235. The molecule has 0 aliphatic heterocycles. The second-order valence-electron chi connectivity index (χ2n) is 3.79. The first-order valence-electron chi connectivity index (χ1n) is 4.76. The molecule has 2 heteroatoms. The van der Waals surface area contributed by atoms with E-state index in [1.165, 1.54) is 12.1 Å². The topological polar surface area (TPSA) is 17.1 Å². The maximum atomic E-state index is 12.9. The maximum Gasteiger partial charge on any atom is 0.132 e. The van der Waals surface area contributed by atoms with Crippen molar-refractivity contribution in [1.29, 1.82) is 0 Å². The van der Waals surface area contributed by atoms with Gasteiger partial charge < -0.3 is 0 Å². The fraction of sp³-hybridized carbons (Fsp3) is 0.417. The molecule has 1 nitrogen and oxygen atoms in total. The van der Waals surface area contributed by atoms with Crippen molar-refractivity contribution < 1.29 is 9.18 Å². The van der Waals surface area contributed by atoms with Crippen LogP contribution in [0.4, 0.5) is 4.39 Å². The van der Waals surface area contributed by atoms with E-state index in [1.54, 1.807) is 13.0 Å². The Morgan fingerprint density at radius 3 is 2.71 bits per heavy atom. The number of benzene rings is 1. The van der Waals surface area contributed by atoms with E-state index in [2.05, 4.69) is 0 Å². The summed E-state index contributed by atoms with van der Waals surface area (Å²) in [6, 6.07) is 4.70. The van der Waals surface area contributed by atoms with Gasteiger partial charge in [0.2, 0.25) is 0 Å². The van der Waals surface area contributed by atoms with Gasteiger partial charge in [-0.2, -0.15) is 0 Å². The van der Waals surface area contributed by atoms with Crippen LogP contribution in [0.15, 0.2) is 18.2 Å². The molecular weight excluding hydrogens is 179 g/mol. The standard InChI is InChI=1S/C12H15FO/c1-8-4-5-12(13)7-11(8)6-9(2)10(3)14/h4-5,7,9H,6H2,1-3H3. The van der Waals surface area contributed by atoms with Crippen molar-refractivity contribution in [2.24, 2.45) is 5.92 Å². The third kappa shape index (κ3) is 2.66. The van der Waals surface area contributed by atoms with E-state index < -0.39 is 0 Å². The van der Waals surface area contributed by atoms with Crippen LogP contribution in [0, 0.1) is 18.7 Å². The fourth-order valence-electron chi connectivity index (χ4n) is 1.33. The highest BCUT2D eigenvalue weighted by Crippen LogP contribution is 2.15. The number of carbonyl (C=O) groups excluding carboxylic acids is 1. The Labute approximate surface area is 83.9 Å². The molecule has 1 unspecified atom stereocenters. The van der Waals surface area contributed by atoms with Gasteiger partial charge in [0, 0.05) is 5.92 Å². The lowest BCUT2D eigenvalue weighted by molar-refractivity contribution is -0.120. The number of ketones is 1. The van der Waals surface area contributed by atoms with E-state index in [0.29, 0.717) is 6.42 Å². The predicted molar refractivity (Wildman–Crippen MR) is 54.7 cm³/mol. The second-order valence-corrected chi connectivity index (χ2v) is 3.79. The first-order valence-corrected chi connectivity index (χ1v) is 4.76. The molecule has 0 aliphatic carbocycles. The number of halogens is 1. The summed E-state index contributed by atoms with van der Waals surface area (Å²) in [5.41, 5.74) is 1.97. The molecule has 0 saturated carbocycles. The van der Waals surface area contributed by atoms with Crippen LogP contribution >= 0.6 is 0 Å². The molecule has 0 amide bonds. The molecule has 0 fully saturated rings. The van der Waals surface area contributed by atoms with E-state index >= 15 is 0 Å². The van der Waals surface area contributed by atoms with Crippen molar-refractivity contribution in [2.75, 3.05) is 0 Å². The molecule has 0 spiro atoms. The summed E-state index contributed by atoms with van der Waals surface area (Å²) < 4.78 is 12.9. The molecule has 0 aliphatic rings. The largest absolute Gasteiger partial charge is 0.300 e. The van der Waals surface area contributed by atoms with Crippen LogP contribution in [-0.4, -0.2) is 5.78 Å². The van der Waals surface area contributed by atoms with Gasteiger partial charge in [-0.3, -0.25) is 4.79 Å². The monoisotopic (exact) mass is 194 g/mol.